The number of pyridine rings is 3. The van der Waals surface area contributed by atoms with Crippen molar-refractivity contribution in [3.05, 3.63) is 152 Å². The van der Waals surface area contributed by atoms with Crippen LogP contribution in [0.25, 0.3) is 77.6 Å². The maximum atomic E-state index is 5.09. The van der Waals surface area contributed by atoms with Crippen LogP contribution in [0.1, 0.15) is 0 Å². The first kappa shape index (κ1) is 24.5. The molecule has 0 aliphatic rings. The van der Waals surface area contributed by atoms with Crippen molar-refractivity contribution in [1.29, 1.82) is 0 Å². The van der Waals surface area contributed by atoms with Crippen molar-refractivity contribution in [3.63, 3.8) is 0 Å². The van der Waals surface area contributed by atoms with Crippen LogP contribution in [0, 0.1) is 0 Å². The van der Waals surface area contributed by atoms with Gasteiger partial charge in [0, 0.05) is 51.4 Å². The molecule has 0 unspecified atom stereocenters. The summed E-state index contributed by atoms with van der Waals surface area (Å²) in [5, 5.41) is 4.85. The highest BCUT2D eigenvalue weighted by molar-refractivity contribution is 6.23. The molecule has 0 aliphatic carbocycles. The predicted molar refractivity (Wildman–Crippen MR) is 179 cm³/mol. The molecule has 4 aromatic carbocycles. The van der Waals surface area contributed by atoms with Gasteiger partial charge in [-0.1, -0.05) is 72.8 Å². The van der Waals surface area contributed by atoms with E-state index in [9.17, 15) is 0 Å². The Kier molecular flexibility index (Phi) is 5.43. The average Bonchev–Trinajstić information content (AvgIpc) is 3.62. The fourth-order valence-corrected chi connectivity index (χ4v) is 6.57. The number of aromatic nitrogens is 5. The zero-order valence-corrected chi connectivity index (χ0v) is 23.7. The zero-order chi connectivity index (χ0) is 29.0. The number of nitrogens with zero attached hydrogens (tertiary/aromatic N) is 5. The molecule has 0 saturated carbocycles. The number of benzene rings is 4. The van der Waals surface area contributed by atoms with Crippen molar-refractivity contribution in [2.75, 3.05) is 0 Å². The topological polar surface area (TPSA) is 48.5 Å². The van der Waals surface area contributed by atoms with Crippen molar-refractivity contribution in [1.82, 2.24) is 24.1 Å². The molecule has 206 valence electrons. The van der Waals surface area contributed by atoms with E-state index in [0.717, 1.165) is 45.1 Å². The SMILES string of the molecule is c1ccc(-n2c3ccccc3c3ccc4c5ccccc5n(-c5cc(-c6cccnc6)nc(-c6ccccn6)c5)c4c32)cc1. The highest BCUT2D eigenvalue weighted by atomic mass is 15.0. The van der Waals surface area contributed by atoms with Crippen LogP contribution >= 0.6 is 0 Å². The summed E-state index contributed by atoms with van der Waals surface area (Å²) in [6.45, 7) is 0. The maximum Gasteiger partial charge on any atom is 0.0914 e. The lowest BCUT2D eigenvalue weighted by molar-refractivity contribution is 1.13. The molecule has 0 aliphatic heterocycles. The van der Waals surface area contributed by atoms with E-state index in [1.165, 1.54) is 32.6 Å². The first-order chi connectivity index (χ1) is 21.8. The quantitative estimate of drug-likeness (QED) is 0.214. The third-order valence-corrected chi connectivity index (χ3v) is 8.44. The maximum absolute atomic E-state index is 5.09. The van der Waals surface area contributed by atoms with E-state index < -0.39 is 0 Å². The Hall–Kier alpha value is -6.07. The van der Waals surface area contributed by atoms with Gasteiger partial charge in [0.15, 0.2) is 0 Å². The molecule has 44 heavy (non-hydrogen) atoms. The lowest BCUT2D eigenvalue weighted by Gasteiger charge is -2.14. The Bertz CT molecular complexity index is 2420. The van der Waals surface area contributed by atoms with Gasteiger partial charge in [0.1, 0.15) is 0 Å². The average molecular weight is 564 g/mol. The van der Waals surface area contributed by atoms with Crippen LogP contribution in [0.15, 0.2) is 152 Å². The lowest BCUT2D eigenvalue weighted by Crippen LogP contribution is -2.01. The molecule has 5 heteroatoms. The van der Waals surface area contributed by atoms with Crippen molar-refractivity contribution in [3.8, 4) is 34.0 Å². The molecular formula is C39H25N5. The number of para-hydroxylation sites is 3. The summed E-state index contributed by atoms with van der Waals surface area (Å²) in [6, 6.07) is 46.8. The molecule has 9 aromatic rings. The number of fused-ring (bicyclic) bond motifs is 7. The third kappa shape index (κ3) is 3.69. The summed E-state index contributed by atoms with van der Waals surface area (Å²) in [5.74, 6) is 0. The number of hydrogen-bond acceptors (Lipinski definition) is 3. The van der Waals surface area contributed by atoms with Gasteiger partial charge >= 0.3 is 0 Å². The summed E-state index contributed by atoms with van der Waals surface area (Å²) >= 11 is 0. The van der Waals surface area contributed by atoms with Gasteiger partial charge in [-0.05, 0) is 60.7 Å². The van der Waals surface area contributed by atoms with Crippen LogP contribution in [-0.4, -0.2) is 24.1 Å². The summed E-state index contributed by atoms with van der Waals surface area (Å²) in [7, 11) is 0. The highest BCUT2D eigenvalue weighted by Gasteiger charge is 2.22. The van der Waals surface area contributed by atoms with Crippen LogP contribution in [0.4, 0.5) is 0 Å². The Labute approximate surface area is 253 Å². The van der Waals surface area contributed by atoms with Gasteiger partial charge in [0.2, 0.25) is 0 Å². The van der Waals surface area contributed by atoms with Crippen LogP contribution in [0.3, 0.4) is 0 Å². The van der Waals surface area contributed by atoms with Crippen molar-refractivity contribution < 1.29 is 0 Å². The summed E-state index contributed by atoms with van der Waals surface area (Å²) in [5.41, 5.74) is 10.2. The summed E-state index contributed by atoms with van der Waals surface area (Å²) < 4.78 is 4.81. The molecule has 5 heterocycles. The molecular weight excluding hydrogens is 538 g/mol. The fourth-order valence-electron chi connectivity index (χ4n) is 6.57. The molecule has 0 fully saturated rings. The van der Waals surface area contributed by atoms with Crippen LogP contribution < -0.4 is 0 Å². The number of hydrogen-bond donors (Lipinski definition) is 0. The Morgan fingerprint density at radius 1 is 0.432 bits per heavy atom. The number of rotatable bonds is 4. The van der Waals surface area contributed by atoms with E-state index in [1.807, 2.05) is 36.7 Å². The van der Waals surface area contributed by atoms with E-state index in [2.05, 4.69) is 128 Å². The predicted octanol–water partition coefficient (Wildman–Crippen LogP) is 9.40. The second-order valence-corrected chi connectivity index (χ2v) is 11.0. The van der Waals surface area contributed by atoms with Crippen molar-refractivity contribution in [2.45, 2.75) is 0 Å². The normalized spacial score (nSPS) is 11.6. The monoisotopic (exact) mass is 563 g/mol. The van der Waals surface area contributed by atoms with Crippen molar-refractivity contribution >= 4 is 43.6 Å². The van der Waals surface area contributed by atoms with E-state index in [4.69, 9.17) is 4.98 Å². The third-order valence-electron chi connectivity index (χ3n) is 8.44. The van der Waals surface area contributed by atoms with Gasteiger partial charge in [0.05, 0.1) is 44.8 Å². The minimum atomic E-state index is 0.809. The van der Waals surface area contributed by atoms with Gasteiger partial charge in [-0.3, -0.25) is 9.97 Å². The van der Waals surface area contributed by atoms with E-state index in [1.54, 1.807) is 6.20 Å². The Morgan fingerprint density at radius 2 is 1.07 bits per heavy atom. The van der Waals surface area contributed by atoms with Crippen LogP contribution in [0.2, 0.25) is 0 Å². The molecule has 0 amide bonds. The molecule has 0 N–H and O–H groups in total. The zero-order valence-electron chi connectivity index (χ0n) is 23.7. The molecule has 0 atom stereocenters. The Morgan fingerprint density at radius 3 is 1.73 bits per heavy atom. The van der Waals surface area contributed by atoms with E-state index in [-0.39, 0.29) is 0 Å². The van der Waals surface area contributed by atoms with E-state index in [0.29, 0.717) is 0 Å². The van der Waals surface area contributed by atoms with Gasteiger partial charge in [-0.2, -0.15) is 0 Å². The van der Waals surface area contributed by atoms with Gasteiger partial charge in [0.25, 0.3) is 0 Å². The molecule has 0 spiro atoms. The summed E-state index contributed by atoms with van der Waals surface area (Å²) in [4.78, 5) is 14.2. The van der Waals surface area contributed by atoms with Gasteiger partial charge in [-0.15, -0.1) is 0 Å². The molecule has 9 rings (SSSR count). The molecule has 0 bridgehead atoms. The second kappa shape index (κ2) is 9.75. The van der Waals surface area contributed by atoms with Gasteiger partial charge < -0.3 is 9.13 Å². The van der Waals surface area contributed by atoms with Crippen LogP contribution in [-0.2, 0) is 0 Å². The second-order valence-electron chi connectivity index (χ2n) is 11.0. The minimum absolute atomic E-state index is 0.809. The molecule has 0 saturated heterocycles. The fraction of sp³-hybridized carbons (Fsp3) is 0. The largest absolute Gasteiger partial charge is 0.307 e. The molecule has 5 nitrogen and oxygen atoms in total. The Balaban J connectivity index is 1.48. The van der Waals surface area contributed by atoms with Crippen LogP contribution in [0.5, 0.6) is 0 Å². The first-order valence-electron chi connectivity index (χ1n) is 14.7. The minimum Gasteiger partial charge on any atom is -0.307 e. The standard InChI is InChI=1S/C39H25N5/c1-2-12-27(13-3-1)43-36-17-6-4-14-29(36)31-19-20-32-30-15-5-7-18-37(30)44(39(32)38(31)43)28-23-34(26-11-10-21-40-25-26)42-35(24-28)33-16-8-9-22-41-33/h1-25H. The highest BCUT2D eigenvalue weighted by Crippen LogP contribution is 2.42. The van der Waals surface area contributed by atoms with Gasteiger partial charge in [-0.25, -0.2) is 4.98 Å². The lowest BCUT2D eigenvalue weighted by atomic mass is 10.1. The van der Waals surface area contributed by atoms with E-state index >= 15 is 0 Å². The molecule has 0 radical (unpaired) electrons. The molecule has 5 aromatic heterocycles. The smallest absolute Gasteiger partial charge is 0.0914 e. The first-order valence-corrected chi connectivity index (χ1v) is 14.7. The summed E-state index contributed by atoms with van der Waals surface area (Å²) in [6.07, 6.45) is 5.47. The van der Waals surface area contributed by atoms with Crippen molar-refractivity contribution in [2.24, 2.45) is 0 Å².